The van der Waals surface area contributed by atoms with E-state index >= 15 is 0 Å². The third-order valence-corrected chi connectivity index (χ3v) is 2.56. The van der Waals surface area contributed by atoms with Crippen LogP contribution < -0.4 is 14.8 Å². The highest BCUT2D eigenvalue weighted by atomic mass is 16.5. The normalized spacial score (nSPS) is 15.0. The maximum atomic E-state index is 5.34. The van der Waals surface area contributed by atoms with Gasteiger partial charge in [-0.2, -0.15) is 0 Å². The number of benzene rings is 1. The summed E-state index contributed by atoms with van der Waals surface area (Å²) in [5.41, 5.74) is 0.989. The molecule has 1 aromatic rings. The SMILES string of the molecule is COc1ccc(C2=NCCCN2)c(OC)c1. The summed E-state index contributed by atoms with van der Waals surface area (Å²) < 4.78 is 10.5. The molecule has 0 unspecified atom stereocenters. The van der Waals surface area contributed by atoms with Crippen molar-refractivity contribution in [2.24, 2.45) is 4.99 Å². The van der Waals surface area contributed by atoms with Crippen molar-refractivity contribution in [1.29, 1.82) is 0 Å². The zero-order chi connectivity index (χ0) is 11.4. The molecule has 0 saturated heterocycles. The fourth-order valence-electron chi connectivity index (χ4n) is 1.71. The molecule has 0 saturated carbocycles. The lowest BCUT2D eigenvalue weighted by Crippen LogP contribution is -2.30. The van der Waals surface area contributed by atoms with E-state index < -0.39 is 0 Å². The van der Waals surface area contributed by atoms with Gasteiger partial charge in [0.1, 0.15) is 17.3 Å². The Bertz CT molecular complexity index is 402. The number of amidine groups is 1. The molecule has 16 heavy (non-hydrogen) atoms. The van der Waals surface area contributed by atoms with Gasteiger partial charge in [-0.15, -0.1) is 0 Å². The van der Waals surface area contributed by atoms with E-state index in [1.165, 1.54) is 0 Å². The standard InChI is InChI=1S/C12H16N2O2/c1-15-9-4-5-10(11(8-9)16-2)12-13-6-3-7-14-12/h4-5,8H,3,6-7H2,1-2H3,(H,13,14). The number of nitrogens with zero attached hydrogens (tertiary/aromatic N) is 1. The summed E-state index contributed by atoms with van der Waals surface area (Å²) in [6, 6.07) is 5.75. The van der Waals surface area contributed by atoms with Gasteiger partial charge in [0.05, 0.1) is 19.8 Å². The average molecular weight is 220 g/mol. The third kappa shape index (κ3) is 2.10. The molecule has 0 aliphatic carbocycles. The van der Waals surface area contributed by atoms with Crippen LogP contribution in [-0.2, 0) is 0 Å². The lowest BCUT2D eigenvalue weighted by molar-refractivity contribution is 0.393. The Morgan fingerprint density at radius 1 is 1.25 bits per heavy atom. The van der Waals surface area contributed by atoms with Crippen LogP contribution in [0.15, 0.2) is 23.2 Å². The summed E-state index contributed by atoms with van der Waals surface area (Å²) in [6.45, 7) is 1.84. The molecule has 4 heteroatoms. The first kappa shape index (κ1) is 10.8. The fraction of sp³-hybridized carbons (Fsp3) is 0.417. The van der Waals surface area contributed by atoms with Gasteiger partial charge in [-0.25, -0.2) is 0 Å². The lowest BCUT2D eigenvalue weighted by atomic mass is 10.1. The molecule has 0 spiro atoms. The van der Waals surface area contributed by atoms with Crippen LogP contribution in [0.3, 0.4) is 0 Å². The first-order valence-electron chi connectivity index (χ1n) is 5.36. The van der Waals surface area contributed by atoms with Crippen LogP contribution in [0.25, 0.3) is 0 Å². The van der Waals surface area contributed by atoms with Gasteiger partial charge in [0, 0.05) is 19.2 Å². The van der Waals surface area contributed by atoms with Gasteiger partial charge >= 0.3 is 0 Å². The number of ether oxygens (including phenoxy) is 2. The van der Waals surface area contributed by atoms with E-state index in [0.717, 1.165) is 42.4 Å². The monoisotopic (exact) mass is 220 g/mol. The Hall–Kier alpha value is -1.71. The van der Waals surface area contributed by atoms with Crippen molar-refractivity contribution in [2.75, 3.05) is 27.3 Å². The second-order valence-corrected chi connectivity index (χ2v) is 3.58. The summed E-state index contributed by atoms with van der Waals surface area (Å²) in [6.07, 6.45) is 1.09. The molecule has 0 fully saturated rings. The van der Waals surface area contributed by atoms with E-state index in [1.807, 2.05) is 18.2 Å². The van der Waals surface area contributed by atoms with Crippen molar-refractivity contribution in [3.63, 3.8) is 0 Å². The number of nitrogens with one attached hydrogen (secondary N) is 1. The van der Waals surface area contributed by atoms with Crippen molar-refractivity contribution in [3.8, 4) is 11.5 Å². The van der Waals surface area contributed by atoms with Crippen LogP contribution in [0, 0.1) is 0 Å². The van der Waals surface area contributed by atoms with Crippen molar-refractivity contribution in [3.05, 3.63) is 23.8 Å². The zero-order valence-electron chi connectivity index (χ0n) is 9.62. The fourth-order valence-corrected chi connectivity index (χ4v) is 1.71. The van der Waals surface area contributed by atoms with Gasteiger partial charge in [0.15, 0.2) is 0 Å². The molecule has 86 valence electrons. The summed E-state index contributed by atoms with van der Waals surface area (Å²) in [5.74, 6) is 2.48. The van der Waals surface area contributed by atoms with Gasteiger partial charge in [-0.3, -0.25) is 4.99 Å². The number of hydrogen-bond donors (Lipinski definition) is 1. The Balaban J connectivity index is 2.35. The van der Waals surface area contributed by atoms with Gasteiger partial charge < -0.3 is 14.8 Å². The minimum atomic E-state index is 0.785. The Morgan fingerprint density at radius 3 is 2.75 bits per heavy atom. The summed E-state index contributed by atoms with van der Waals surface area (Å²) in [4.78, 5) is 4.45. The van der Waals surface area contributed by atoms with E-state index in [-0.39, 0.29) is 0 Å². The molecular formula is C12H16N2O2. The average Bonchev–Trinajstić information content (AvgIpc) is 2.39. The molecule has 1 heterocycles. The molecule has 2 rings (SSSR count). The van der Waals surface area contributed by atoms with Crippen molar-refractivity contribution < 1.29 is 9.47 Å². The quantitative estimate of drug-likeness (QED) is 0.838. The van der Waals surface area contributed by atoms with Crippen LogP contribution in [-0.4, -0.2) is 33.1 Å². The molecule has 1 aliphatic rings. The molecule has 0 atom stereocenters. The number of methoxy groups -OCH3 is 2. The maximum Gasteiger partial charge on any atom is 0.133 e. The van der Waals surface area contributed by atoms with Crippen LogP contribution >= 0.6 is 0 Å². The van der Waals surface area contributed by atoms with Gasteiger partial charge in [0.25, 0.3) is 0 Å². The molecule has 1 aliphatic heterocycles. The van der Waals surface area contributed by atoms with Gasteiger partial charge in [-0.05, 0) is 18.6 Å². The molecule has 0 aromatic heterocycles. The predicted molar refractivity (Wildman–Crippen MR) is 63.6 cm³/mol. The van der Waals surface area contributed by atoms with Gasteiger partial charge in [0.2, 0.25) is 0 Å². The lowest BCUT2D eigenvalue weighted by Gasteiger charge is -2.17. The van der Waals surface area contributed by atoms with Crippen LogP contribution in [0.4, 0.5) is 0 Å². The van der Waals surface area contributed by atoms with Crippen molar-refractivity contribution in [1.82, 2.24) is 5.32 Å². The minimum absolute atomic E-state index is 0.785. The summed E-state index contributed by atoms with van der Waals surface area (Å²) in [5, 5.41) is 3.28. The van der Waals surface area contributed by atoms with Crippen LogP contribution in [0.1, 0.15) is 12.0 Å². The second kappa shape index (κ2) is 4.88. The van der Waals surface area contributed by atoms with Crippen LogP contribution in [0.5, 0.6) is 11.5 Å². The van der Waals surface area contributed by atoms with E-state index in [0.29, 0.717) is 0 Å². The molecule has 1 aromatic carbocycles. The molecular weight excluding hydrogens is 204 g/mol. The van der Waals surface area contributed by atoms with Crippen molar-refractivity contribution >= 4 is 5.84 Å². The van der Waals surface area contributed by atoms with E-state index in [4.69, 9.17) is 9.47 Å². The molecule has 0 amide bonds. The zero-order valence-corrected chi connectivity index (χ0v) is 9.62. The number of rotatable bonds is 3. The molecule has 1 N–H and O–H groups in total. The maximum absolute atomic E-state index is 5.34. The highest BCUT2D eigenvalue weighted by molar-refractivity contribution is 6.01. The van der Waals surface area contributed by atoms with E-state index in [2.05, 4.69) is 10.3 Å². The molecule has 4 nitrogen and oxygen atoms in total. The Kier molecular flexibility index (Phi) is 3.29. The number of aliphatic imine (C=N–C) groups is 1. The van der Waals surface area contributed by atoms with Crippen molar-refractivity contribution in [2.45, 2.75) is 6.42 Å². The van der Waals surface area contributed by atoms with Crippen LogP contribution in [0.2, 0.25) is 0 Å². The first-order valence-corrected chi connectivity index (χ1v) is 5.36. The molecule has 0 bridgehead atoms. The third-order valence-electron chi connectivity index (χ3n) is 2.56. The highest BCUT2D eigenvalue weighted by Gasteiger charge is 2.12. The summed E-state index contributed by atoms with van der Waals surface area (Å²) in [7, 11) is 3.30. The van der Waals surface area contributed by atoms with Gasteiger partial charge in [-0.1, -0.05) is 0 Å². The second-order valence-electron chi connectivity index (χ2n) is 3.58. The minimum Gasteiger partial charge on any atom is -0.497 e. The number of hydrogen-bond acceptors (Lipinski definition) is 4. The topological polar surface area (TPSA) is 42.8 Å². The predicted octanol–water partition coefficient (Wildman–Crippen LogP) is 1.44. The highest BCUT2D eigenvalue weighted by Crippen LogP contribution is 2.25. The smallest absolute Gasteiger partial charge is 0.133 e. The van der Waals surface area contributed by atoms with E-state index in [1.54, 1.807) is 14.2 Å². The largest absolute Gasteiger partial charge is 0.497 e. The Morgan fingerprint density at radius 2 is 2.12 bits per heavy atom. The van der Waals surface area contributed by atoms with E-state index in [9.17, 15) is 0 Å². The Labute approximate surface area is 95.3 Å². The summed E-state index contributed by atoms with van der Waals surface area (Å²) >= 11 is 0. The molecule has 0 radical (unpaired) electrons. The first-order chi connectivity index (χ1) is 7.85.